The summed E-state index contributed by atoms with van der Waals surface area (Å²) in [4.78, 5) is 4.33. The van der Waals surface area contributed by atoms with Gasteiger partial charge in [-0.1, -0.05) is 19.3 Å². The summed E-state index contributed by atoms with van der Waals surface area (Å²) in [5, 5.41) is 3.45. The zero-order chi connectivity index (χ0) is 11.2. The SMILES string of the molecule is NCCn1cnc(CNCCC2CCC2)c1. The first kappa shape index (κ1) is 11.6. The van der Waals surface area contributed by atoms with Gasteiger partial charge in [-0.25, -0.2) is 4.98 Å². The highest BCUT2D eigenvalue weighted by atomic mass is 15.0. The Morgan fingerprint density at radius 2 is 2.38 bits per heavy atom. The van der Waals surface area contributed by atoms with E-state index in [2.05, 4.69) is 16.5 Å². The maximum Gasteiger partial charge on any atom is 0.0950 e. The molecule has 0 bridgehead atoms. The largest absolute Gasteiger partial charge is 0.336 e. The molecular weight excluding hydrogens is 200 g/mol. The van der Waals surface area contributed by atoms with Gasteiger partial charge in [-0.15, -0.1) is 0 Å². The third-order valence-electron chi connectivity index (χ3n) is 3.33. The van der Waals surface area contributed by atoms with Crippen molar-refractivity contribution < 1.29 is 0 Å². The second kappa shape index (κ2) is 6.01. The standard InChI is InChI=1S/C12H22N4/c13-5-7-16-9-12(15-10-16)8-14-6-4-11-2-1-3-11/h9-11,14H,1-8,13H2. The Morgan fingerprint density at radius 3 is 3.06 bits per heavy atom. The minimum absolute atomic E-state index is 0.672. The fraction of sp³-hybridized carbons (Fsp3) is 0.750. The van der Waals surface area contributed by atoms with Crippen molar-refractivity contribution in [2.75, 3.05) is 13.1 Å². The predicted molar refractivity (Wildman–Crippen MR) is 64.9 cm³/mol. The number of rotatable bonds is 7. The van der Waals surface area contributed by atoms with E-state index in [9.17, 15) is 0 Å². The molecular formula is C12H22N4. The Labute approximate surface area is 97.2 Å². The maximum absolute atomic E-state index is 5.48. The highest BCUT2D eigenvalue weighted by molar-refractivity contribution is 4.96. The number of aromatic nitrogens is 2. The van der Waals surface area contributed by atoms with Crippen LogP contribution in [0.2, 0.25) is 0 Å². The highest BCUT2D eigenvalue weighted by Crippen LogP contribution is 2.28. The zero-order valence-electron chi connectivity index (χ0n) is 9.86. The molecule has 1 fully saturated rings. The molecule has 1 aliphatic carbocycles. The van der Waals surface area contributed by atoms with E-state index in [0.717, 1.165) is 31.2 Å². The molecule has 16 heavy (non-hydrogen) atoms. The van der Waals surface area contributed by atoms with Crippen LogP contribution in [-0.4, -0.2) is 22.6 Å². The van der Waals surface area contributed by atoms with E-state index in [4.69, 9.17) is 5.73 Å². The molecule has 0 atom stereocenters. The zero-order valence-corrected chi connectivity index (χ0v) is 9.86. The third-order valence-corrected chi connectivity index (χ3v) is 3.33. The third kappa shape index (κ3) is 3.32. The quantitative estimate of drug-likeness (QED) is 0.680. The van der Waals surface area contributed by atoms with Gasteiger partial charge in [0.15, 0.2) is 0 Å². The molecule has 90 valence electrons. The highest BCUT2D eigenvalue weighted by Gasteiger charge is 2.16. The van der Waals surface area contributed by atoms with E-state index in [1.54, 1.807) is 0 Å². The summed E-state index contributed by atoms with van der Waals surface area (Å²) in [5.41, 5.74) is 6.60. The number of imidazole rings is 1. The molecule has 4 heteroatoms. The Morgan fingerprint density at radius 1 is 1.50 bits per heavy atom. The Bertz CT molecular complexity index is 304. The van der Waals surface area contributed by atoms with E-state index < -0.39 is 0 Å². The van der Waals surface area contributed by atoms with Gasteiger partial charge in [-0.2, -0.15) is 0 Å². The van der Waals surface area contributed by atoms with Crippen LogP contribution in [0.1, 0.15) is 31.4 Å². The van der Waals surface area contributed by atoms with Gasteiger partial charge in [0.05, 0.1) is 12.0 Å². The summed E-state index contributed by atoms with van der Waals surface area (Å²) in [7, 11) is 0. The lowest BCUT2D eigenvalue weighted by Crippen LogP contribution is -2.21. The predicted octanol–water partition coefficient (Wildman–Crippen LogP) is 1.12. The molecule has 4 nitrogen and oxygen atoms in total. The minimum atomic E-state index is 0.672. The van der Waals surface area contributed by atoms with Crippen LogP contribution in [0, 0.1) is 5.92 Å². The topological polar surface area (TPSA) is 55.9 Å². The van der Waals surface area contributed by atoms with Crippen molar-refractivity contribution in [1.82, 2.24) is 14.9 Å². The van der Waals surface area contributed by atoms with Crippen LogP contribution >= 0.6 is 0 Å². The lowest BCUT2D eigenvalue weighted by Gasteiger charge is -2.25. The monoisotopic (exact) mass is 222 g/mol. The van der Waals surface area contributed by atoms with Crippen molar-refractivity contribution in [3.8, 4) is 0 Å². The molecule has 0 radical (unpaired) electrons. The average Bonchev–Trinajstić information content (AvgIpc) is 2.63. The summed E-state index contributed by atoms with van der Waals surface area (Å²) < 4.78 is 2.04. The molecule has 1 aromatic heterocycles. The number of hydrogen-bond acceptors (Lipinski definition) is 3. The van der Waals surface area contributed by atoms with Crippen molar-refractivity contribution >= 4 is 0 Å². The van der Waals surface area contributed by atoms with Gasteiger partial charge in [0.2, 0.25) is 0 Å². The van der Waals surface area contributed by atoms with Gasteiger partial charge < -0.3 is 15.6 Å². The molecule has 2 rings (SSSR count). The number of nitrogens with one attached hydrogen (secondary N) is 1. The van der Waals surface area contributed by atoms with Gasteiger partial charge >= 0.3 is 0 Å². The van der Waals surface area contributed by atoms with Crippen molar-refractivity contribution in [3.05, 3.63) is 18.2 Å². The molecule has 1 saturated carbocycles. The van der Waals surface area contributed by atoms with Crippen LogP contribution in [0.15, 0.2) is 12.5 Å². The first-order valence-corrected chi connectivity index (χ1v) is 6.30. The molecule has 0 aromatic carbocycles. The van der Waals surface area contributed by atoms with Gasteiger partial charge in [-0.05, 0) is 18.9 Å². The summed E-state index contributed by atoms with van der Waals surface area (Å²) in [6, 6.07) is 0. The lowest BCUT2D eigenvalue weighted by atomic mass is 9.83. The molecule has 0 spiro atoms. The Kier molecular flexibility index (Phi) is 4.36. The second-order valence-corrected chi connectivity index (χ2v) is 4.65. The van der Waals surface area contributed by atoms with E-state index >= 15 is 0 Å². The van der Waals surface area contributed by atoms with Gasteiger partial charge in [-0.3, -0.25) is 0 Å². The lowest BCUT2D eigenvalue weighted by molar-refractivity contribution is 0.292. The normalized spacial score (nSPS) is 16.3. The van der Waals surface area contributed by atoms with Crippen molar-refractivity contribution in [2.24, 2.45) is 11.7 Å². The van der Waals surface area contributed by atoms with E-state index in [0.29, 0.717) is 6.54 Å². The summed E-state index contributed by atoms with van der Waals surface area (Å²) in [6.07, 6.45) is 9.57. The molecule has 1 aromatic rings. The van der Waals surface area contributed by atoms with Crippen LogP contribution in [0.4, 0.5) is 0 Å². The molecule has 1 heterocycles. The summed E-state index contributed by atoms with van der Waals surface area (Å²) in [5.74, 6) is 0.988. The fourth-order valence-corrected chi connectivity index (χ4v) is 2.07. The number of nitrogens with two attached hydrogens (primary N) is 1. The first-order chi connectivity index (χ1) is 7.88. The van der Waals surface area contributed by atoms with Crippen LogP contribution < -0.4 is 11.1 Å². The number of hydrogen-bond donors (Lipinski definition) is 2. The van der Waals surface area contributed by atoms with Gasteiger partial charge in [0, 0.05) is 25.8 Å². The maximum atomic E-state index is 5.48. The Hall–Kier alpha value is -0.870. The van der Waals surface area contributed by atoms with Crippen LogP contribution in [0.3, 0.4) is 0 Å². The Balaban J connectivity index is 1.60. The molecule has 0 saturated heterocycles. The van der Waals surface area contributed by atoms with Gasteiger partial charge in [0.1, 0.15) is 0 Å². The van der Waals surface area contributed by atoms with E-state index in [1.807, 2.05) is 10.9 Å². The molecule has 3 N–H and O–H groups in total. The summed E-state index contributed by atoms with van der Waals surface area (Å²) >= 11 is 0. The van der Waals surface area contributed by atoms with Crippen molar-refractivity contribution in [3.63, 3.8) is 0 Å². The van der Waals surface area contributed by atoms with Gasteiger partial charge in [0.25, 0.3) is 0 Å². The van der Waals surface area contributed by atoms with E-state index in [-0.39, 0.29) is 0 Å². The summed E-state index contributed by atoms with van der Waals surface area (Å²) in [6.45, 7) is 3.53. The fourth-order valence-electron chi connectivity index (χ4n) is 2.07. The first-order valence-electron chi connectivity index (χ1n) is 6.30. The molecule has 1 aliphatic rings. The van der Waals surface area contributed by atoms with Crippen LogP contribution in [-0.2, 0) is 13.1 Å². The molecule has 0 aliphatic heterocycles. The number of nitrogens with zero attached hydrogens (tertiary/aromatic N) is 2. The average molecular weight is 222 g/mol. The molecule has 0 unspecified atom stereocenters. The van der Waals surface area contributed by atoms with Crippen molar-refractivity contribution in [2.45, 2.75) is 38.8 Å². The van der Waals surface area contributed by atoms with Crippen LogP contribution in [0.25, 0.3) is 0 Å². The smallest absolute Gasteiger partial charge is 0.0950 e. The second-order valence-electron chi connectivity index (χ2n) is 4.65. The van der Waals surface area contributed by atoms with E-state index in [1.165, 1.54) is 25.7 Å². The van der Waals surface area contributed by atoms with Crippen LogP contribution in [0.5, 0.6) is 0 Å². The van der Waals surface area contributed by atoms with Crippen molar-refractivity contribution in [1.29, 1.82) is 0 Å². The molecule has 0 amide bonds. The minimum Gasteiger partial charge on any atom is -0.336 e.